The molecular formula is C26H31F2N7O. The number of hydrogen-bond acceptors (Lipinski definition) is 7. The van der Waals surface area contributed by atoms with Crippen molar-refractivity contribution in [2.45, 2.75) is 52.2 Å². The number of carbonyl (C=O) groups is 1. The third-order valence-corrected chi connectivity index (χ3v) is 6.02. The van der Waals surface area contributed by atoms with Gasteiger partial charge in [-0.25, -0.2) is 18.7 Å². The van der Waals surface area contributed by atoms with E-state index < -0.39 is 11.5 Å². The number of benzene rings is 1. The van der Waals surface area contributed by atoms with Crippen LogP contribution in [0.5, 0.6) is 0 Å². The standard InChI is InChI=1S/C26H31F2N7O/c1-6-29-23(36)17-14-30-24(32-16-7-8-18-15(13-16)11-12-31-26(18,4)5)35-22(17)34-20-10-9-19(27)21(33-20)25(2,3)28/h7-10,13-14,31H,6,11-12H2,1-5H3,(H,29,36)(H2,30,32,33,34,35). The topological polar surface area (TPSA) is 104 Å². The first-order valence-corrected chi connectivity index (χ1v) is 11.9. The lowest BCUT2D eigenvalue weighted by Crippen LogP contribution is -2.42. The van der Waals surface area contributed by atoms with Crippen molar-refractivity contribution in [2.75, 3.05) is 23.7 Å². The van der Waals surface area contributed by atoms with Gasteiger partial charge in [0.1, 0.15) is 34.4 Å². The summed E-state index contributed by atoms with van der Waals surface area (Å²) in [5.41, 5.74) is 1.02. The maximum absolute atomic E-state index is 14.4. The monoisotopic (exact) mass is 495 g/mol. The number of alkyl halides is 1. The zero-order valence-electron chi connectivity index (χ0n) is 21.1. The van der Waals surface area contributed by atoms with Crippen LogP contribution in [0.15, 0.2) is 36.5 Å². The molecule has 8 nitrogen and oxygen atoms in total. The van der Waals surface area contributed by atoms with Crippen molar-refractivity contribution in [1.29, 1.82) is 0 Å². The lowest BCUT2D eigenvalue weighted by molar-refractivity contribution is 0.0956. The molecule has 0 bridgehead atoms. The minimum absolute atomic E-state index is 0.108. The molecule has 3 heterocycles. The molecule has 10 heteroatoms. The maximum Gasteiger partial charge on any atom is 0.256 e. The Morgan fingerprint density at radius 1 is 1.17 bits per heavy atom. The Bertz CT molecular complexity index is 1290. The number of pyridine rings is 1. The van der Waals surface area contributed by atoms with Gasteiger partial charge in [0.25, 0.3) is 5.91 Å². The number of halogens is 2. The Morgan fingerprint density at radius 3 is 2.67 bits per heavy atom. The summed E-state index contributed by atoms with van der Waals surface area (Å²) in [5, 5.41) is 12.4. The molecule has 3 aromatic rings. The van der Waals surface area contributed by atoms with Crippen molar-refractivity contribution < 1.29 is 13.6 Å². The van der Waals surface area contributed by atoms with E-state index in [1.54, 1.807) is 6.92 Å². The molecule has 1 aliphatic heterocycles. The van der Waals surface area contributed by atoms with Gasteiger partial charge in [-0.1, -0.05) is 6.07 Å². The van der Waals surface area contributed by atoms with Gasteiger partial charge in [-0.2, -0.15) is 4.98 Å². The fraction of sp³-hybridized carbons (Fsp3) is 0.385. The van der Waals surface area contributed by atoms with Crippen LogP contribution in [0.2, 0.25) is 0 Å². The van der Waals surface area contributed by atoms with E-state index in [0.717, 1.165) is 24.7 Å². The zero-order valence-corrected chi connectivity index (χ0v) is 21.1. The van der Waals surface area contributed by atoms with Gasteiger partial charge < -0.3 is 21.3 Å². The summed E-state index contributed by atoms with van der Waals surface area (Å²) in [6, 6.07) is 8.60. The first-order valence-electron chi connectivity index (χ1n) is 11.9. The second-order valence-electron chi connectivity index (χ2n) is 9.74. The van der Waals surface area contributed by atoms with Gasteiger partial charge in [0.15, 0.2) is 0 Å². The van der Waals surface area contributed by atoms with Crippen LogP contribution in [0.3, 0.4) is 0 Å². The van der Waals surface area contributed by atoms with Crippen LogP contribution in [0.4, 0.5) is 32.1 Å². The average molecular weight is 496 g/mol. The van der Waals surface area contributed by atoms with Gasteiger partial charge in [0, 0.05) is 24.0 Å². The largest absolute Gasteiger partial charge is 0.352 e. The number of anilines is 4. The fourth-order valence-electron chi connectivity index (χ4n) is 4.23. The molecule has 4 rings (SSSR count). The van der Waals surface area contributed by atoms with Gasteiger partial charge in [-0.05, 0) is 83.0 Å². The maximum atomic E-state index is 14.4. The van der Waals surface area contributed by atoms with Gasteiger partial charge in [0.05, 0.1) is 0 Å². The predicted molar refractivity (Wildman–Crippen MR) is 136 cm³/mol. The van der Waals surface area contributed by atoms with E-state index in [4.69, 9.17) is 0 Å². The van der Waals surface area contributed by atoms with E-state index >= 15 is 0 Å². The highest BCUT2D eigenvalue weighted by Gasteiger charge is 2.27. The highest BCUT2D eigenvalue weighted by atomic mass is 19.1. The molecule has 0 spiro atoms. The Hall–Kier alpha value is -3.66. The molecule has 0 radical (unpaired) electrons. The fourth-order valence-corrected chi connectivity index (χ4v) is 4.23. The SMILES string of the molecule is CCNC(=O)c1cnc(Nc2ccc3c(c2)CCNC3(C)C)nc1Nc1ccc(F)c(C(C)(C)F)n1. The molecule has 0 unspecified atom stereocenters. The lowest BCUT2D eigenvalue weighted by atomic mass is 9.85. The van der Waals surface area contributed by atoms with E-state index in [0.29, 0.717) is 6.54 Å². The van der Waals surface area contributed by atoms with Crippen molar-refractivity contribution >= 4 is 29.2 Å². The molecule has 1 amide bonds. The van der Waals surface area contributed by atoms with Gasteiger partial charge in [0.2, 0.25) is 5.95 Å². The smallest absolute Gasteiger partial charge is 0.256 e. The predicted octanol–water partition coefficient (Wildman–Crippen LogP) is 4.83. The minimum atomic E-state index is -1.99. The van der Waals surface area contributed by atoms with Crippen molar-refractivity contribution in [3.8, 4) is 0 Å². The van der Waals surface area contributed by atoms with Crippen LogP contribution in [-0.4, -0.2) is 33.9 Å². The summed E-state index contributed by atoms with van der Waals surface area (Å²) in [7, 11) is 0. The zero-order chi connectivity index (χ0) is 26.1. The molecule has 4 N–H and O–H groups in total. The summed E-state index contributed by atoms with van der Waals surface area (Å²) in [4.78, 5) is 25.5. The van der Waals surface area contributed by atoms with Crippen LogP contribution in [0.1, 0.15) is 61.8 Å². The molecule has 36 heavy (non-hydrogen) atoms. The third-order valence-electron chi connectivity index (χ3n) is 6.02. The lowest BCUT2D eigenvalue weighted by Gasteiger charge is -2.34. The number of hydrogen-bond donors (Lipinski definition) is 4. The normalized spacial score (nSPS) is 14.6. The summed E-state index contributed by atoms with van der Waals surface area (Å²) in [6.07, 6.45) is 2.30. The summed E-state index contributed by atoms with van der Waals surface area (Å²) in [6.45, 7) is 9.85. The number of fused-ring (bicyclic) bond motifs is 1. The highest BCUT2D eigenvalue weighted by Crippen LogP contribution is 2.31. The number of amides is 1. The van der Waals surface area contributed by atoms with E-state index in [1.807, 2.05) is 6.07 Å². The Balaban J connectivity index is 1.67. The summed E-state index contributed by atoms with van der Waals surface area (Å²) in [5.74, 6) is -0.581. The van der Waals surface area contributed by atoms with Crippen LogP contribution in [0, 0.1) is 5.82 Å². The average Bonchev–Trinajstić information content (AvgIpc) is 2.79. The Labute approximate surface area is 209 Å². The van der Waals surface area contributed by atoms with Crippen molar-refractivity contribution in [1.82, 2.24) is 25.6 Å². The van der Waals surface area contributed by atoms with Gasteiger partial charge in [-0.15, -0.1) is 0 Å². The van der Waals surface area contributed by atoms with Crippen LogP contribution in [-0.2, 0) is 17.6 Å². The quantitative estimate of drug-likeness (QED) is 0.372. The van der Waals surface area contributed by atoms with E-state index in [-0.39, 0.29) is 40.3 Å². The van der Waals surface area contributed by atoms with Crippen LogP contribution < -0.4 is 21.3 Å². The molecule has 2 aromatic heterocycles. The summed E-state index contributed by atoms with van der Waals surface area (Å²) >= 11 is 0. The molecule has 1 aliphatic rings. The second-order valence-corrected chi connectivity index (χ2v) is 9.74. The molecule has 0 fully saturated rings. The number of aromatic nitrogens is 3. The van der Waals surface area contributed by atoms with Crippen molar-refractivity contribution in [2.24, 2.45) is 0 Å². The molecular weight excluding hydrogens is 464 g/mol. The van der Waals surface area contributed by atoms with Crippen LogP contribution in [0.25, 0.3) is 0 Å². The summed E-state index contributed by atoms with van der Waals surface area (Å²) < 4.78 is 28.6. The minimum Gasteiger partial charge on any atom is -0.352 e. The molecule has 1 aromatic carbocycles. The number of carbonyl (C=O) groups excluding carboxylic acids is 1. The van der Waals surface area contributed by atoms with Crippen LogP contribution >= 0.6 is 0 Å². The third kappa shape index (κ3) is 5.43. The number of rotatable bonds is 7. The van der Waals surface area contributed by atoms with E-state index in [9.17, 15) is 13.6 Å². The Kier molecular flexibility index (Phi) is 6.90. The van der Waals surface area contributed by atoms with Gasteiger partial charge in [-0.3, -0.25) is 4.79 Å². The highest BCUT2D eigenvalue weighted by molar-refractivity contribution is 5.99. The number of nitrogens with one attached hydrogen (secondary N) is 4. The van der Waals surface area contributed by atoms with Gasteiger partial charge >= 0.3 is 0 Å². The molecule has 0 saturated heterocycles. The molecule has 0 saturated carbocycles. The number of nitrogens with zero attached hydrogens (tertiary/aromatic N) is 3. The first kappa shape index (κ1) is 25.4. The Morgan fingerprint density at radius 2 is 1.94 bits per heavy atom. The molecule has 0 atom stereocenters. The van der Waals surface area contributed by atoms with Crippen molar-refractivity contribution in [3.63, 3.8) is 0 Å². The van der Waals surface area contributed by atoms with Crippen molar-refractivity contribution in [3.05, 3.63) is 64.7 Å². The van der Waals surface area contributed by atoms with E-state index in [2.05, 4.69) is 62.2 Å². The first-order chi connectivity index (χ1) is 17.0. The van der Waals surface area contributed by atoms with E-state index in [1.165, 1.54) is 37.2 Å². The molecule has 0 aliphatic carbocycles. The second kappa shape index (κ2) is 9.77. The molecule has 190 valence electrons.